The van der Waals surface area contributed by atoms with Crippen LogP contribution in [-0.4, -0.2) is 65.6 Å². The molecule has 36 heavy (non-hydrogen) atoms. The second-order valence-electron chi connectivity index (χ2n) is 8.61. The Bertz CT molecular complexity index is 1230. The number of hydrogen-bond donors (Lipinski definition) is 0. The molecular weight excluding hydrogens is 489 g/mol. The zero-order chi connectivity index (χ0) is 26.3. The summed E-state index contributed by atoms with van der Waals surface area (Å²) in [6.45, 7) is 2.05. The maximum atomic E-state index is 14.6. The van der Waals surface area contributed by atoms with Crippen LogP contribution in [0.1, 0.15) is 35.1 Å². The molecule has 0 bridgehead atoms. The van der Waals surface area contributed by atoms with Crippen LogP contribution in [-0.2, 0) is 13.2 Å². The van der Waals surface area contributed by atoms with Crippen molar-refractivity contribution in [2.75, 3.05) is 13.2 Å². The number of alkyl halides is 5. The Labute approximate surface area is 202 Å². The van der Waals surface area contributed by atoms with Crippen LogP contribution in [0.5, 0.6) is 6.01 Å². The van der Waals surface area contributed by atoms with Crippen LogP contribution in [0.3, 0.4) is 0 Å². The largest absolute Gasteiger partial charge is 0.461 e. The molecule has 1 aliphatic rings. The molecule has 9 nitrogen and oxygen atoms in total. The van der Waals surface area contributed by atoms with E-state index < -0.39 is 48.5 Å². The van der Waals surface area contributed by atoms with Crippen molar-refractivity contribution in [3.8, 4) is 17.4 Å². The standard InChI is InChI=1S/C22H22F5N7O2/c1-12-7-21(23,24)11-34(15(12)10-36-20-30-8-14(9-31-20)22(25,26)27)19(35)17-16(13(2)33(3)32-17)18-28-5-4-6-29-18/h4-6,8-9,12,15H,7,10-11H2,1-3H3/t12-,15-/m1/s1. The fraction of sp³-hybridized carbons (Fsp3) is 0.455. The van der Waals surface area contributed by atoms with Gasteiger partial charge in [-0.05, 0) is 18.9 Å². The molecule has 0 saturated carbocycles. The van der Waals surface area contributed by atoms with Gasteiger partial charge in [0.15, 0.2) is 11.5 Å². The lowest BCUT2D eigenvalue weighted by molar-refractivity contribution is -0.138. The Morgan fingerprint density at radius 1 is 1.17 bits per heavy atom. The summed E-state index contributed by atoms with van der Waals surface area (Å²) >= 11 is 0. The summed E-state index contributed by atoms with van der Waals surface area (Å²) in [5.74, 6) is -4.43. The summed E-state index contributed by atoms with van der Waals surface area (Å²) in [4.78, 5) is 30.0. The summed E-state index contributed by atoms with van der Waals surface area (Å²) in [7, 11) is 1.61. The van der Waals surface area contributed by atoms with Gasteiger partial charge >= 0.3 is 12.2 Å². The Hall–Kier alpha value is -3.71. The number of rotatable bonds is 5. The van der Waals surface area contributed by atoms with Gasteiger partial charge in [-0.2, -0.15) is 18.3 Å². The van der Waals surface area contributed by atoms with Crippen molar-refractivity contribution in [1.82, 2.24) is 34.6 Å². The number of piperidine rings is 1. The first kappa shape index (κ1) is 25.4. The Balaban J connectivity index is 1.63. The third kappa shape index (κ3) is 5.11. The van der Waals surface area contributed by atoms with E-state index in [0.29, 0.717) is 23.7 Å². The number of ether oxygens (including phenoxy) is 1. The van der Waals surface area contributed by atoms with Gasteiger partial charge in [-0.1, -0.05) is 6.92 Å². The second-order valence-corrected chi connectivity index (χ2v) is 8.61. The van der Waals surface area contributed by atoms with Crippen LogP contribution in [0.4, 0.5) is 22.0 Å². The number of likely N-dealkylation sites (tertiary alicyclic amines) is 1. The number of aromatic nitrogens is 6. The number of carbonyl (C=O) groups excluding carboxylic acids is 1. The molecule has 0 N–H and O–H groups in total. The molecule has 2 atom stereocenters. The van der Waals surface area contributed by atoms with Crippen LogP contribution in [0.2, 0.25) is 0 Å². The van der Waals surface area contributed by atoms with Gasteiger partial charge in [0.05, 0.1) is 23.7 Å². The average Bonchev–Trinajstić information content (AvgIpc) is 3.11. The summed E-state index contributed by atoms with van der Waals surface area (Å²) in [6, 6.07) is 0.377. The van der Waals surface area contributed by atoms with Gasteiger partial charge in [-0.15, -0.1) is 0 Å². The molecule has 0 unspecified atom stereocenters. The zero-order valence-corrected chi connectivity index (χ0v) is 19.5. The molecule has 1 amide bonds. The predicted molar refractivity (Wildman–Crippen MR) is 115 cm³/mol. The second kappa shape index (κ2) is 9.39. The third-order valence-electron chi connectivity index (χ3n) is 6.00. The van der Waals surface area contributed by atoms with Crippen molar-refractivity contribution in [3.63, 3.8) is 0 Å². The average molecular weight is 511 g/mol. The number of nitrogens with zero attached hydrogens (tertiary/aromatic N) is 7. The molecule has 3 aromatic heterocycles. The summed E-state index contributed by atoms with van der Waals surface area (Å²) in [6.07, 6.45) is -1.03. The van der Waals surface area contributed by atoms with Crippen molar-refractivity contribution in [2.45, 2.75) is 38.4 Å². The Morgan fingerprint density at radius 3 is 2.42 bits per heavy atom. The first-order valence-corrected chi connectivity index (χ1v) is 10.9. The molecule has 0 aliphatic carbocycles. The number of halogens is 5. The van der Waals surface area contributed by atoms with Gasteiger partial charge in [0.25, 0.3) is 11.8 Å². The van der Waals surface area contributed by atoms with E-state index in [9.17, 15) is 26.7 Å². The first-order valence-electron chi connectivity index (χ1n) is 10.9. The van der Waals surface area contributed by atoms with Gasteiger partial charge < -0.3 is 9.64 Å². The molecule has 1 saturated heterocycles. The minimum absolute atomic E-state index is 0.0955. The topological polar surface area (TPSA) is 98.9 Å². The molecule has 1 aliphatic heterocycles. The van der Waals surface area contributed by atoms with Crippen molar-refractivity contribution >= 4 is 5.91 Å². The molecular formula is C22H22F5N7O2. The Morgan fingerprint density at radius 2 is 1.81 bits per heavy atom. The number of carbonyl (C=O) groups is 1. The van der Waals surface area contributed by atoms with Crippen LogP contribution in [0.15, 0.2) is 30.9 Å². The summed E-state index contributed by atoms with van der Waals surface area (Å²) in [5, 5.41) is 4.25. The number of amides is 1. The predicted octanol–water partition coefficient (Wildman–Crippen LogP) is 3.56. The molecule has 1 fully saturated rings. The zero-order valence-electron chi connectivity index (χ0n) is 19.5. The van der Waals surface area contributed by atoms with E-state index in [1.54, 1.807) is 27.0 Å². The molecule has 4 rings (SSSR count). The van der Waals surface area contributed by atoms with E-state index in [2.05, 4.69) is 25.0 Å². The monoisotopic (exact) mass is 511 g/mol. The highest BCUT2D eigenvalue weighted by Gasteiger charge is 2.47. The minimum Gasteiger partial charge on any atom is -0.461 e. The van der Waals surface area contributed by atoms with Crippen LogP contribution >= 0.6 is 0 Å². The van der Waals surface area contributed by atoms with Gasteiger partial charge in [-0.3, -0.25) is 9.48 Å². The van der Waals surface area contributed by atoms with E-state index in [0.717, 1.165) is 4.90 Å². The fourth-order valence-corrected chi connectivity index (χ4v) is 4.11. The molecule has 0 spiro atoms. The van der Waals surface area contributed by atoms with Crippen LogP contribution < -0.4 is 4.74 Å². The lowest BCUT2D eigenvalue weighted by Crippen LogP contribution is -2.57. The van der Waals surface area contributed by atoms with Gasteiger partial charge in [0, 0.05) is 43.9 Å². The highest BCUT2D eigenvalue weighted by atomic mass is 19.4. The van der Waals surface area contributed by atoms with Gasteiger partial charge in [-0.25, -0.2) is 28.7 Å². The number of hydrogen-bond acceptors (Lipinski definition) is 7. The maximum absolute atomic E-state index is 14.6. The summed E-state index contributed by atoms with van der Waals surface area (Å²) in [5.41, 5.74) is -0.275. The van der Waals surface area contributed by atoms with Gasteiger partial charge in [0.2, 0.25) is 0 Å². The fourth-order valence-electron chi connectivity index (χ4n) is 4.11. The van der Waals surface area contributed by atoms with E-state index >= 15 is 0 Å². The molecule has 3 aromatic rings. The first-order chi connectivity index (χ1) is 16.9. The van der Waals surface area contributed by atoms with Gasteiger partial charge in [0.1, 0.15) is 6.61 Å². The molecule has 0 radical (unpaired) electrons. The lowest BCUT2D eigenvalue weighted by atomic mass is 9.88. The summed E-state index contributed by atoms with van der Waals surface area (Å²) < 4.78 is 74.3. The molecule has 4 heterocycles. The Kier molecular flexibility index (Phi) is 6.62. The van der Waals surface area contributed by atoms with E-state index in [1.165, 1.54) is 17.1 Å². The molecule has 0 aromatic carbocycles. The van der Waals surface area contributed by atoms with Crippen molar-refractivity contribution in [1.29, 1.82) is 0 Å². The van der Waals surface area contributed by atoms with E-state index in [-0.39, 0.29) is 24.1 Å². The maximum Gasteiger partial charge on any atom is 0.419 e. The van der Waals surface area contributed by atoms with Crippen molar-refractivity contribution < 1.29 is 31.5 Å². The SMILES string of the molecule is Cc1c(-c2ncccn2)c(C(=O)N2CC(F)(F)C[C@@H](C)[C@H]2COc2ncc(C(F)(F)F)cn2)nn1C. The third-order valence-corrected chi connectivity index (χ3v) is 6.00. The van der Waals surface area contributed by atoms with Crippen LogP contribution in [0, 0.1) is 12.8 Å². The molecule has 14 heteroatoms. The van der Waals surface area contributed by atoms with Crippen molar-refractivity contribution in [2.24, 2.45) is 13.0 Å². The quantitative estimate of drug-likeness (QED) is 0.483. The molecule has 192 valence electrons. The number of aryl methyl sites for hydroxylation is 1. The normalized spacial score (nSPS) is 19.8. The van der Waals surface area contributed by atoms with E-state index in [1.807, 2.05) is 0 Å². The lowest BCUT2D eigenvalue weighted by Gasteiger charge is -2.42. The minimum atomic E-state index is -4.62. The van der Waals surface area contributed by atoms with E-state index in [4.69, 9.17) is 4.74 Å². The highest BCUT2D eigenvalue weighted by Crippen LogP contribution is 2.36. The smallest absolute Gasteiger partial charge is 0.419 e. The highest BCUT2D eigenvalue weighted by molar-refractivity contribution is 5.99. The van der Waals surface area contributed by atoms with Crippen molar-refractivity contribution in [3.05, 3.63) is 47.8 Å². The van der Waals surface area contributed by atoms with Crippen LogP contribution in [0.25, 0.3) is 11.4 Å².